The van der Waals surface area contributed by atoms with Crippen LogP contribution in [0, 0.1) is 13.8 Å². The minimum absolute atomic E-state index is 0.0466. The van der Waals surface area contributed by atoms with E-state index in [0.29, 0.717) is 22.2 Å². The second-order valence-corrected chi connectivity index (χ2v) is 6.28. The summed E-state index contributed by atoms with van der Waals surface area (Å²) in [5, 5.41) is 3.18. The fourth-order valence-electron chi connectivity index (χ4n) is 2.30. The molecular formula is C20H22ClNO5. The van der Waals surface area contributed by atoms with Crippen molar-refractivity contribution in [1.29, 1.82) is 0 Å². The Morgan fingerprint density at radius 3 is 2.52 bits per heavy atom. The lowest BCUT2D eigenvalue weighted by Crippen LogP contribution is -2.22. The number of hydrogen-bond acceptors (Lipinski definition) is 5. The number of methoxy groups -OCH3 is 1. The first-order chi connectivity index (χ1) is 12.9. The van der Waals surface area contributed by atoms with Crippen LogP contribution in [0.5, 0.6) is 11.5 Å². The highest BCUT2D eigenvalue weighted by Gasteiger charge is 2.12. The second-order valence-electron chi connectivity index (χ2n) is 5.87. The van der Waals surface area contributed by atoms with Gasteiger partial charge in [0.25, 0.3) is 5.91 Å². The van der Waals surface area contributed by atoms with E-state index in [1.54, 1.807) is 12.1 Å². The Hall–Kier alpha value is -2.73. The van der Waals surface area contributed by atoms with Crippen molar-refractivity contribution in [3.63, 3.8) is 0 Å². The molecule has 0 aliphatic heterocycles. The standard InChI is InChI=1S/C20H22ClNO5/c1-13-6-4-5-7-17(13)26-9-8-20(24)27-12-19(23)22-16-10-14(2)15(21)11-18(16)25-3/h4-7,10-11H,8-9,12H2,1-3H3,(H,22,23). The minimum Gasteiger partial charge on any atom is -0.495 e. The molecule has 0 fully saturated rings. The van der Waals surface area contributed by atoms with Crippen LogP contribution in [0.1, 0.15) is 17.5 Å². The molecule has 1 amide bonds. The van der Waals surface area contributed by atoms with Crippen molar-refractivity contribution in [2.75, 3.05) is 25.6 Å². The van der Waals surface area contributed by atoms with Gasteiger partial charge in [0, 0.05) is 11.1 Å². The van der Waals surface area contributed by atoms with Gasteiger partial charge in [-0.2, -0.15) is 0 Å². The summed E-state index contributed by atoms with van der Waals surface area (Å²) >= 11 is 6.03. The van der Waals surface area contributed by atoms with Gasteiger partial charge in [0.05, 0.1) is 25.8 Å². The molecule has 2 rings (SSSR count). The molecule has 27 heavy (non-hydrogen) atoms. The molecule has 0 bridgehead atoms. The molecule has 1 N–H and O–H groups in total. The number of anilines is 1. The van der Waals surface area contributed by atoms with Crippen molar-refractivity contribution in [2.24, 2.45) is 0 Å². The van der Waals surface area contributed by atoms with Crippen molar-refractivity contribution >= 4 is 29.2 Å². The number of aryl methyl sites for hydroxylation is 2. The van der Waals surface area contributed by atoms with E-state index in [-0.39, 0.29) is 13.0 Å². The number of carbonyl (C=O) groups is 2. The lowest BCUT2D eigenvalue weighted by molar-refractivity contribution is -0.147. The molecule has 0 aliphatic carbocycles. The lowest BCUT2D eigenvalue weighted by Gasteiger charge is -2.12. The molecule has 6 nitrogen and oxygen atoms in total. The molecule has 144 valence electrons. The molecule has 7 heteroatoms. The van der Waals surface area contributed by atoms with Gasteiger partial charge >= 0.3 is 5.97 Å². The molecule has 0 spiro atoms. The van der Waals surface area contributed by atoms with Crippen LogP contribution in [0.2, 0.25) is 5.02 Å². The van der Waals surface area contributed by atoms with E-state index in [1.165, 1.54) is 7.11 Å². The van der Waals surface area contributed by atoms with Crippen LogP contribution >= 0.6 is 11.6 Å². The fraction of sp³-hybridized carbons (Fsp3) is 0.300. The number of halogens is 1. The number of carbonyl (C=O) groups excluding carboxylic acids is 2. The van der Waals surface area contributed by atoms with Crippen molar-refractivity contribution < 1.29 is 23.8 Å². The summed E-state index contributed by atoms with van der Waals surface area (Å²) in [6.07, 6.45) is 0.0466. The van der Waals surface area contributed by atoms with Crippen molar-refractivity contribution in [2.45, 2.75) is 20.3 Å². The Balaban J connectivity index is 1.77. The zero-order valence-electron chi connectivity index (χ0n) is 15.5. The highest BCUT2D eigenvalue weighted by atomic mass is 35.5. The van der Waals surface area contributed by atoms with E-state index in [1.807, 2.05) is 38.1 Å². The van der Waals surface area contributed by atoms with Crippen LogP contribution in [-0.4, -0.2) is 32.2 Å². The quantitative estimate of drug-likeness (QED) is 0.690. The van der Waals surface area contributed by atoms with Crippen LogP contribution in [0.15, 0.2) is 36.4 Å². The van der Waals surface area contributed by atoms with Gasteiger partial charge < -0.3 is 19.5 Å². The normalized spacial score (nSPS) is 10.2. The van der Waals surface area contributed by atoms with Crippen LogP contribution < -0.4 is 14.8 Å². The highest BCUT2D eigenvalue weighted by molar-refractivity contribution is 6.31. The Morgan fingerprint density at radius 1 is 1.07 bits per heavy atom. The fourth-order valence-corrected chi connectivity index (χ4v) is 2.45. The third-order valence-electron chi connectivity index (χ3n) is 3.78. The van der Waals surface area contributed by atoms with Crippen molar-refractivity contribution in [1.82, 2.24) is 0 Å². The summed E-state index contributed by atoms with van der Waals surface area (Å²) in [7, 11) is 1.48. The molecule has 0 heterocycles. The molecule has 0 saturated carbocycles. The van der Waals surface area contributed by atoms with Gasteiger partial charge in [0.1, 0.15) is 11.5 Å². The topological polar surface area (TPSA) is 73.9 Å². The molecule has 2 aromatic rings. The maximum absolute atomic E-state index is 12.0. The predicted octanol–water partition coefficient (Wildman–Crippen LogP) is 3.92. The smallest absolute Gasteiger partial charge is 0.309 e. The number of amides is 1. The van der Waals surface area contributed by atoms with E-state index in [4.69, 9.17) is 25.8 Å². The molecule has 0 atom stereocenters. The summed E-state index contributed by atoms with van der Waals surface area (Å²) < 4.78 is 15.7. The van der Waals surface area contributed by atoms with E-state index in [2.05, 4.69) is 5.32 Å². The van der Waals surface area contributed by atoms with E-state index < -0.39 is 18.5 Å². The first kappa shape index (κ1) is 20.6. The first-order valence-corrected chi connectivity index (χ1v) is 8.76. The van der Waals surface area contributed by atoms with Crippen molar-refractivity contribution in [3.05, 3.63) is 52.5 Å². The van der Waals surface area contributed by atoms with Gasteiger partial charge in [0.15, 0.2) is 6.61 Å². The highest BCUT2D eigenvalue weighted by Crippen LogP contribution is 2.30. The second kappa shape index (κ2) is 9.83. The summed E-state index contributed by atoms with van der Waals surface area (Å²) in [6.45, 7) is 3.51. The first-order valence-electron chi connectivity index (χ1n) is 8.38. The van der Waals surface area contributed by atoms with Gasteiger partial charge in [-0.15, -0.1) is 0 Å². The Morgan fingerprint density at radius 2 is 1.81 bits per heavy atom. The monoisotopic (exact) mass is 391 g/mol. The Kier molecular flexibility index (Phi) is 7.49. The SMILES string of the molecule is COc1cc(Cl)c(C)cc1NC(=O)COC(=O)CCOc1ccccc1C. The molecule has 0 radical (unpaired) electrons. The molecule has 2 aromatic carbocycles. The summed E-state index contributed by atoms with van der Waals surface area (Å²) in [5.74, 6) is 0.159. The number of nitrogens with one attached hydrogen (secondary N) is 1. The van der Waals surface area contributed by atoms with E-state index >= 15 is 0 Å². The zero-order chi connectivity index (χ0) is 19.8. The molecule has 0 aromatic heterocycles. The Bertz CT molecular complexity index is 822. The number of hydrogen-bond donors (Lipinski definition) is 1. The molecular weight excluding hydrogens is 370 g/mol. The molecule has 0 unspecified atom stereocenters. The van der Waals surface area contributed by atoms with E-state index in [9.17, 15) is 9.59 Å². The summed E-state index contributed by atoms with van der Waals surface area (Å²) in [6, 6.07) is 10.8. The number of para-hydroxylation sites is 1. The molecule has 0 aliphatic rings. The number of ether oxygens (including phenoxy) is 3. The summed E-state index contributed by atoms with van der Waals surface area (Å²) in [4.78, 5) is 23.8. The van der Waals surface area contributed by atoms with E-state index in [0.717, 1.165) is 11.1 Å². The van der Waals surface area contributed by atoms with Crippen LogP contribution in [-0.2, 0) is 14.3 Å². The zero-order valence-corrected chi connectivity index (χ0v) is 16.3. The lowest BCUT2D eigenvalue weighted by atomic mass is 10.2. The van der Waals surface area contributed by atoms with Crippen LogP contribution in [0.3, 0.4) is 0 Å². The number of benzene rings is 2. The third kappa shape index (κ3) is 6.18. The average molecular weight is 392 g/mol. The summed E-state index contributed by atoms with van der Waals surface area (Å²) in [5.41, 5.74) is 2.24. The molecule has 0 saturated heterocycles. The number of esters is 1. The average Bonchev–Trinajstić information content (AvgIpc) is 2.64. The third-order valence-corrected chi connectivity index (χ3v) is 4.18. The predicted molar refractivity (Wildman–Crippen MR) is 104 cm³/mol. The van der Waals surface area contributed by atoms with Crippen LogP contribution in [0.25, 0.3) is 0 Å². The minimum atomic E-state index is -0.516. The Labute approximate surface area is 163 Å². The van der Waals surface area contributed by atoms with Gasteiger partial charge in [-0.1, -0.05) is 29.8 Å². The van der Waals surface area contributed by atoms with Crippen LogP contribution in [0.4, 0.5) is 5.69 Å². The maximum atomic E-state index is 12.0. The van der Waals surface area contributed by atoms with Gasteiger partial charge in [-0.3, -0.25) is 9.59 Å². The van der Waals surface area contributed by atoms with Crippen molar-refractivity contribution in [3.8, 4) is 11.5 Å². The van der Waals surface area contributed by atoms with Gasteiger partial charge in [0.2, 0.25) is 0 Å². The maximum Gasteiger partial charge on any atom is 0.309 e. The van der Waals surface area contributed by atoms with Gasteiger partial charge in [-0.25, -0.2) is 0 Å². The largest absolute Gasteiger partial charge is 0.495 e. The number of rotatable bonds is 8. The van der Waals surface area contributed by atoms with Gasteiger partial charge in [-0.05, 0) is 37.1 Å².